The quantitative estimate of drug-likeness (QED) is 0.588. The average molecular weight is 252 g/mol. The van der Waals surface area contributed by atoms with Gasteiger partial charge in [-0.2, -0.15) is 0 Å². The fraction of sp³-hybridized carbons (Fsp3) is 0.600. The van der Waals surface area contributed by atoms with E-state index in [-0.39, 0.29) is 11.5 Å². The summed E-state index contributed by atoms with van der Waals surface area (Å²) in [6, 6.07) is 0.314. The first-order chi connectivity index (χ1) is 8.50. The molecule has 1 fully saturated rings. The molecule has 1 aliphatic heterocycles. The van der Waals surface area contributed by atoms with Crippen LogP contribution in [0.25, 0.3) is 0 Å². The molecule has 0 spiro atoms. The normalized spacial score (nSPS) is 21.0. The van der Waals surface area contributed by atoms with Crippen molar-refractivity contribution in [1.82, 2.24) is 14.9 Å². The van der Waals surface area contributed by atoms with Gasteiger partial charge in [0, 0.05) is 25.7 Å². The Morgan fingerprint density at radius 1 is 1.50 bits per heavy atom. The van der Waals surface area contributed by atoms with Crippen molar-refractivity contribution in [1.29, 1.82) is 0 Å². The van der Waals surface area contributed by atoms with Crippen LogP contribution in [0.1, 0.15) is 6.92 Å². The SMILES string of the molecule is CC1CN(c2ncnc(N)c2[N+](=O)[O-])CCN1C. The number of hydrogen-bond acceptors (Lipinski definition) is 7. The lowest BCUT2D eigenvalue weighted by Gasteiger charge is -2.37. The molecule has 1 aliphatic rings. The number of nitrogens with zero attached hydrogens (tertiary/aromatic N) is 5. The lowest BCUT2D eigenvalue weighted by atomic mass is 10.2. The summed E-state index contributed by atoms with van der Waals surface area (Å²) in [5, 5.41) is 11.0. The standard InChI is InChI=1S/C10H16N6O2/c1-7-5-15(4-3-14(7)2)10-8(16(17)18)9(11)12-6-13-10/h6-7H,3-5H2,1-2H3,(H2,11,12,13). The Hall–Kier alpha value is -1.96. The van der Waals surface area contributed by atoms with Gasteiger partial charge in [-0.15, -0.1) is 0 Å². The number of nitrogen functional groups attached to an aromatic ring is 1. The Balaban J connectivity index is 2.34. The van der Waals surface area contributed by atoms with Crippen molar-refractivity contribution in [3.05, 3.63) is 16.4 Å². The van der Waals surface area contributed by atoms with Gasteiger partial charge in [-0.05, 0) is 14.0 Å². The number of likely N-dealkylation sites (N-methyl/N-ethyl adjacent to an activating group) is 1. The van der Waals surface area contributed by atoms with Crippen molar-refractivity contribution in [3.63, 3.8) is 0 Å². The second-order valence-corrected chi connectivity index (χ2v) is 4.46. The molecule has 18 heavy (non-hydrogen) atoms. The van der Waals surface area contributed by atoms with Gasteiger partial charge in [0.1, 0.15) is 6.33 Å². The topological polar surface area (TPSA) is 101 Å². The van der Waals surface area contributed by atoms with Crippen LogP contribution in [0.5, 0.6) is 0 Å². The molecular formula is C10H16N6O2. The summed E-state index contributed by atoms with van der Waals surface area (Å²) in [6.07, 6.45) is 1.26. The van der Waals surface area contributed by atoms with Gasteiger partial charge in [0.2, 0.25) is 11.6 Å². The summed E-state index contributed by atoms with van der Waals surface area (Å²) >= 11 is 0. The molecule has 1 aromatic rings. The summed E-state index contributed by atoms with van der Waals surface area (Å²) in [5.74, 6) is 0.226. The van der Waals surface area contributed by atoms with E-state index in [0.29, 0.717) is 24.9 Å². The summed E-state index contributed by atoms with van der Waals surface area (Å²) in [5.41, 5.74) is 5.36. The van der Waals surface area contributed by atoms with E-state index in [9.17, 15) is 10.1 Å². The molecule has 0 saturated carbocycles. The van der Waals surface area contributed by atoms with Gasteiger partial charge in [-0.3, -0.25) is 10.1 Å². The van der Waals surface area contributed by atoms with Gasteiger partial charge in [-0.25, -0.2) is 9.97 Å². The molecule has 1 unspecified atom stereocenters. The first-order valence-electron chi connectivity index (χ1n) is 5.70. The Morgan fingerprint density at radius 2 is 2.22 bits per heavy atom. The minimum atomic E-state index is -0.520. The van der Waals surface area contributed by atoms with Gasteiger partial charge in [-0.1, -0.05) is 0 Å². The zero-order valence-corrected chi connectivity index (χ0v) is 10.4. The Bertz CT molecular complexity index is 466. The number of rotatable bonds is 2. The number of hydrogen-bond donors (Lipinski definition) is 1. The second kappa shape index (κ2) is 4.73. The molecule has 1 aromatic heterocycles. The van der Waals surface area contributed by atoms with Gasteiger partial charge in [0.15, 0.2) is 0 Å². The molecule has 1 atom stereocenters. The molecule has 98 valence electrons. The van der Waals surface area contributed by atoms with Crippen molar-refractivity contribution in [2.45, 2.75) is 13.0 Å². The van der Waals surface area contributed by atoms with Crippen LogP contribution in [0.4, 0.5) is 17.3 Å². The van der Waals surface area contributed by atoms with E-state index in [0.717, 1.165) is 6.54 Å². The van der Waals surface area contributed by atoms with Crippen LogP contribution in [-0.4, -0.2) is 52.5 Å². The van der Waals surface area contributed by atoms with Crippen LogP contribution in [0.3, 0.4) is 0 Å². The van der Waals surface area contributed by atoms with Crippen molar-refractivity contribution in [2.75, 3.05) is 37.3 Å². The van der Waals surface area contributed by atoms with Crippen LogP contribution in [0.15, 0.2) is 6.33 Å². The lowest BCUT2D eigenvalue weighted by Crippen LogP contribution is -2.50. The maximum Gasteiger partial charge on any atom is 0.353 e. The molecule has 0 aliphatic carbocycles. The number of nitro groups is 1. The molecule has 8 nitrogen and oxygen atoms in total. The number of piperazine rings is 1. The fourth-order valence-electron chi connectivity index (χ4n) is 2.03. The number of nitrogens with two attached hydrogens (primary N) is 1. The lowest BCUT2D eigenvalue weighted by molar-refractivity contribution is -0.383. The first-order valence-corrected chi connectivity index (χ1v) is 5.70. The van der Waals surface area contributed by atoms with E-state index >= 15 is 0 Å². The van der Waals surface area contributed by atoms with Crippen molar-refractivity contribution in [2.24, 2.45) is 0 Å². The molecule has 0 aromatic carbocycles. The third-order valence-corrected chi connectivity index (χ3v) is 3.27. The average Bonchev–Trinajstić information content (AvgIpc) is 2.32. The minimum absolute atomic E-state index is 0.0865. The number of anilines is 2. The first kappa shape index (κ1) is 12.5. The Kier molecular flexibility index (Phi) is 3.28. The largest absolute Gasteiger partial charge is 0.378 e. The van der Waals surface area contributed by atoms with Crippen LogP contribution >= 0.6 is 0 Å². The second-order valence-electron chi connectivity index (χ2n) is 4.46. The maximum atomic E-state index is 11.0. The van der Waals surface area contributed by atoms with Crippen LogP contribution in [0.2, 0.25) is 0 Å². The third kappa shape index (κ3) is 2.19. The van der Waals surface area contributed by atoms with Crippen LogP contribution in [-0.2, 0) is 0 Å². The van der Waals surface area contributed by atoms with Gasteiger partial charge in [0.05, 0.1) is 4.92 Å². The Morgan fingerprint density at radius 3 is 2.83 bits per heavy atom. The van der Waals surface area contributed by atoms with Crippen molar-refractivity contribution in [3.8, 4) is 0 Å². The molecule has 2 N–H and O–H groups in total. The van der Waals surface area contributed by atoms with Crippen molar-refractivity contribution >= 4 is 17.3 Å². The smallest absolute Gasteiger partial charge is 0.353 e. The molecule has 8 heteroatoms. The van der Waals surface area contributed by atoms with E-state index in [1.165, 1.54) is 6.33 Å². The molecule has 0 bridgehead atoms. The predicted octanol–water partition coefficient (Wildman–Crippen LogP) is 0.107. The predicted molar refractivity (Wildman–Crippen MR) is 67.4 cm³/mol. The van der Waals surface area contributed by atoms with Crippen LogP contribution < -0.4 is 10.6 Å². The van der Waals surface area contributed by atoms with Gasteiger partial charge in [0.25, 0.3) is 0 Å². The molecular weight excluding hydrogens is 236 g/mol. The van der Waals surface area contributed by atoms with Crippen molar-refractivity contribution < 1.29 is 4.92 Å². The molecule has 1 saturated heterocycles. The fourth-order valence-corrected chi connectivity index (χ4v) is 2.03. The molecule has 2 rings (SSSR count). The highest BCUT2D eigenvalue weighted by Gasteiger charge is 2.29. The molecule has 2 heterocycles. The third-order valence-electron chi connectivity index (χ3n) is 3.27. The summed E-state index contributed by atoms with van der Waals surface area (Å²) in [7, 11) is 2.03. The zero-order chi connectivity index (χ0) is 13.3. The summed E-state index contributed by atoms with van der Waals surface area (Å²) in [6.45, 7) is 4.29. The van der Waals surface area contributed by atoms with E-state index in [2.05, 4.69) is 21.8 Å². The molecule has 0 amide bonds. The monoisotopic (exact) mass is 252 g/mol. The van der Waals surface area contributed by atoms with E-state index in [1.807, 2.05) is 11.9 Å². The highest BCUT2D eigenvalue weighted by atomic mass is 16.6. The minimum Gasteiger partial charge on any atom is -0.378 e. The highest BCUT2D eigenvalue weighted by Crippen LogP contribution is 2.30. The zero-order valence-electron chi connectivity index (χ0n) is 10.4. The molecule has 0 radical (unpaired) electrons. The van der Waals surface area contributed by atoms with E-state index in [4.69, 9.17) is 5.73 Å². The van der Waals surface area contributed by atoms with Gasteiger partial charge < -0.3 is 15.5 Å². The maximum absolute atomic E-state index is 11.0. The van der Waals surface area contributed by atoms with Gasteiger partial charge >= 0.3 is 5.69 Å². The summed E-state index contributed by atoms with van der Waals surface area (Å²) < 4.78 is 0. The summed E-state index contributed by atoms with van der Waals surface area (Å²) in [4.78, 5) is 22.3. The van der Waals surface area contributed by atoms with E-state index in [1.54, 1.807) is 0 Å². The highest BCUT2D eigenvalue weighted by molar-refractivity contribution is 5.68. The van der Waals surface area contributed by atoms with Crippen LogP contribution in [0, 0.1) is 10.1 Å². The van der Waals surface area contributed by atoms with E-state index < -0.39 is 4.92 Å². The Labute approximate surface area is 105 Å². The number of aromatic nitrogens is 2.